The van der Waals surface area contributed by atoms with E-state index < -0.39 is 0 Å². The quantitative estimate of drug-likeness (QED) is 0.869. The lowest BCUT2D eigenvalue weighted by atomic mass is 10.2. The minimum Gasteiger partial charge on any atom is -0.330 e. The van der Waals surface area contributed by atoms with E-state index in [0.29, 0.717) is 6.54 Å². The molecule has 1 aromatic heterocycles. The number of hydrogen-bond acceptors (Lipinski definition) is 2. The molecule has 0 bridgehead atoms. The molecule has 0 aliphatic heterocycles. The molecular formula is C12H14ClN3. The maximum Gasteiger partial charge on any atom is 0.140 e. The van der Waals surface area contributed by atoms with Gasteiger partial charge >= 0.3 is 0 Å². The molecule has 4 heteroatoms. The lowest BCUT2D eigenvalue weighted by molar-refractivity contribution is 0.823. The van der Waals surface area contributed by atoms with Crippen LogP contribution in [0.4, 0.5) is 0 Å². The van der Waals surface area contributed by atoms with E-state index in [9.17, 15) is 0 Å². The van der Waals surface area contributed by atoms with E-state index in [1.165, 1.54) is 0 Å². The molecule has 0 spiro atoms. The van der Waals surface area contributed by atoms with Gasteiger partial charge in [0.1, 0.15) is 5.82 Å². The third-order valence-corrected chi connectivity index (χ3v) is 2.96. The summed E-state index contributed by atoms with van der Waals surface area (Å²) in [6.07, 6.45) is 0. The zero-order valence-electron chi connectivity index (χ0n) is 9.37. The molecule has 0 saturated heterocycles. The minimum absolute atomic E-state index is 0.503. The van der Waals surface area contributed by atoms with Gasteiger partial charge in [-0.25, -0.2) is 4.98 Å². The van der Waals surface area contributed by atoms with Crippen LogP contribution < -0.4 is 5.73 Å². The summed E-state index contributed by atoms with van der Waals surface area (Å²) in [6, 6.07) is 7.65. The van der Waals surface area contributed by atoms with E-state index in [1.807, 2.05) is 42.8 Å². The lowest BCUT2D eigenvalue weighted by Crippen LogP contribution is -2.05. The Hall–Kier alpha value is -1.32. The molecule has 0 unspecified atom stereocenters. The van der Waals surface area contributed by atoms with E-state index in [0.717, 1.165) is 27.8 Å². The number of nitrogens with zero attached hydrogens (tertiary/aromatic N) is 2. The Morgan fingerprint density at radius 1 is 1.31 bits per heavy atom. The second-order valence-electron chi connectivity index (χ2n) is 3.74. The van der Waals surface area contributed by atoms with Crippen molar-refractivity contribution in [3.8, 4) is 11.4 Å². The van der Waals surface area contributed by atoms with Gasteiger partial charge in [0, 0.05) is 24.2 Å². The molecule has 2 aromatic rings. The molecule has 16 heavy (non-hydrogen) atoms. The molecule has 0 amide bonds. The van der Waals surface area contributed by atoms with Crippen LogP contribution in [-0.4, -0.2) is 9.55 Å². The van der Waals surface area contributed by atoms with Crippen molar-refractivity contribution in [1.29, 1.82) is 0 Å². The maximum atomic E-state index is 5.86. The summed E-state index contributed by atoms with van der Waals surface area (Å²) in [7, 11) is 1.98. The summed E-state index contributed by atoms with van der Waals surface area (Å²) < 4.78 is 2.03. The molecule has 3 nitrogen and oxygen atoms in total. The second kappa shape index (κ2) is 4.28. The highest BCUT2D eigenvalue weighted by Crippen LogP contribution is 2.22. The van der Waals surface area contributed by atoms with E-state index in [1.54, 1.807) is 0 Å². The molecular weight excluding hydrogens is 222 g/mol. The number of imidazole rings is 1. The highest BCUT2D eigenvalue weighted by atomic mass is 35.5. The predicted octanol–water partition coefficient (Wildman–Crippen LogP) is 2.51. The Labute approximate surface area is 99.9 Å². The van der Waals surface area contributed by atoms with Gasteiger partial charge in [0.15, 0.2) is 0 Å². The van der Waals surface area contributed by atoms with Crippen LogP contribution in [0.2, 0.25) is 5.02 Å². The third-order valence-electron chi connectivity index (χ3n) is 2.71. The Morgan fingerprint density at radius 3 is 2.44 bits per heavy atom. The van der Waals surface area contributed by atoms with Crippen molar-refractivity contribution in [2.45, 2.75) is 13.5 Å². The van der Waals surface area contributed by atoms with E-state index in [4.69, 9.17) is 17.3 Å². The summed E-state index contributed by atoms with van der Waals surface area (Å²) in [5.74, 6) is 0.926. The topological polar surface area (TPSA) is 43.8 Å². The first kappa shape index (κ1) is 11.2. The van der Waals surface area contributed by atoms with Crippen LogP contribution in [0, 0.1) is 6.92 Å². The molecule has 84 valence electrons. The summed E-state index contributed by atoms with van der Waals surface area (Å²) in [4.78, 5) is 4.52. The van der Waals surface area contributed by atoms with E-state index in [2.05, 4.69) is 4.98 Å². The highest BCUT2D eigenvalue weighted by Gasteiger charge is 2.11. The van der Waals surface area contributed by atoms with Gasteiger partial charge in [0.25, 0.3) is 0 Å². The molecule has 0 aliphatic carbocycles. The molecule has 0 saturated carbocycles. The van der Waals surface area contributed by atoms with Crippen molar-refractivity contribution in [3.63, 3.8) is 0 Å². The van der Waals surface area contributed by atoms with Gasteiger partial charge in [0.2, 0.25) is 0 Å². The Morgan fingerprint density at radius 2 is 1.94 bits per heavy atom. The normalized spacial score (nSPS) is 10.8. The molecule has 1 heterocycles. The fraction of sp³-hybridized carbons (Fsp3) is 0.250. The van der Waals surface area contributed by atoms with Crippen molar-refractivity contribution < 1.29 is 0 Å². The molecule has 1 aromatic carbocycles. The van der Waals surface area contributed by atoms with Crippen molar-refractivity contribution in [1.82, 2.24) is 9.55 Å². The number of rotatable bonds is 2. The van der Waals surface area contributed by atoms with Gasteiger partial charge in [0.05, 0.1) is 11.4 Å². The van der Waals surface area contributed by atoms with Crippen LogP contribution >= 0.6 is 11.6 Å². The third kappa shape index (κ3) is 1.84. The first-order chi connectivity index (χ1) is 7.63. The molecule has 0 atom stereocenters. The molecule has 0 aliphatic rings. The predicted molar refractivity (Wildman–Crippen MR) is 66.3 cm³/mol. The van der Waals surface area contributed by atoms with Crippen LogP contribution in [0.1, 0.15) is 11.4 Å². The number of nitrogens with two attached hydrogens (primary N) is 1. The number of aryl methyl sites for hydroxylation is 1. The summed E-state index contributed by atoms with van der Waals surface area (Å²) >= 11 is 5.86. The standard InChI is InChI=1S/C12H14ClN3/c1-8-11(7-14)16(2)12(15-8)9-3-5-10(13)6-4-9/h3-6H,7,14H2,1-2H3. The zero-order valence-corrected chi connectivity index (χ0v) is 10.1. The fourth-order valence-electron chi connectivity index (χ4n) is 1.81. The minimum atomic E-state index is 0.503. The number of hydrogen-bond donors (Lipinski definition) is 1. The van der Waals surface area contributed by atoms with Crippen LogP contribution in [-0.2, 0) is 13.6 Å². The summed E-state index contributed by atoms with van der Waals surface area (Å²) in [5.41, 5.74) is 8.78. The monoisotopic (exact) mass is 235 g/mol. The Bertz CT molecular complexity index is 500. The molecule has 2 N–H and O–H groups in total. The Balaban J connectivity index is 2.52. The van der Waals surface area contributed by atoms with Gasteiger partial charge in [-0.05, 0) is 31.2 Å². The van der Waals surface area contributed by atoms with Gasteiger partial charge in [-0.2, -0.15) is 0 Å². The highest BCUT2D eigenvalue weighted by molar-refractivity contribution is 6.30. The SMILES string of the molecule is Cc1nc(-c2ccc(Cl)cc2)n(C)c1CN. The maximum absolute atomic E-state index is 5.86. The van der Waals surface area contributed by atoms with Crippen molar-refractivity contribution in [3.05, 3.63) is 40.7 Å². The van der Waals surface area contributed by atoms with Gasteiger partial charge in [-0.3, -0.25) is 0 Å². The summed E-state index contributed by atoms with van der Waals surface area (Å²) in [5, 5.41) is 0.730. The van der Waals surface area contributed by atoms with Gasteiger partial charge < -0.3 is 10.3 Å². The first-order valence-corrected chi connectivity index (χ1v) is 5.49. The van der Waals surface area contributed by atoms with Crippen LogP contribution in [0.5, 0.6) is 0 Å². The van der Waals surface area contributed by atoms with Crippen molar-refractivity contribution in [2.75, 3.05) is 0 Å². The average molecular weight is 236 g/mol. The molecule has 0 radical (unpaired) electrons. The van der Waals surface area contributed by atoms with Crippen molar-refractivity contribution in [2.24, 2.45) is 12.8 Å². The van der Waals surface area contributed by atoms with Crippen molar-refractivity contribution >= 4 is 11.6 Å². The second-order valence-corrected chi connectivity index (χ2v) is 4.17. The average Bonchev–Trinajstić information content (AvgIpc) is 2.55. The fourth-order valence-corrected chi connectivity index (χ4v) is 1.94. The number of aromatic nitrogens is 2. The zero-order chi connectivity index (χ0) is 11.7. The van der Waals surface area contributed by atoms with Crippen LogP contribution in [0.3, 0.4) is 0 Å². The largest absolute Gasteiger partial charge is 0.330 e. The van der Waals surface area contributed by atoms with E-state index in [-0.39, 0.29) is 0 Å². The smallest absolute Gasteiger partial charge is 0.140 e. The first-order valence-electron chi connectivity index (χ1n) is 5.11. The lowest BCUT2D eigenvalue weighted by Gasteiger charge is -2.04. The van der Waals surface area contributed by atoms with Gasteiger partial charge in [-0.15, -0.1) is 0 Å². The van der Waals surface area contributed by atoms with E-state index >= 15 is 0 Å². The molecule has 2 rings (SSSR count). The summed E-state index contributed by atoms with van der Waals surface area (Å²) in [6.45, 7) is 2.48. The van der Waals surface area contributed by atoms with Gasteiger partial charge in [-0.1, -0.05) is 11.6 Å². The molecule has 0 fully saturated rings. The Kier molecular flexibility index (Phi) is 2.99. The number of benzene rings is 1. The number of halogens is 1. The van der Waals surface area contributed by atoms with Crippen LogP contribution in [0.25, 0.3) is 11.4 Å². The van der Waals surface area contributed by atoms with Crippen LogP contribution in [0.15, 0.2) is 24.3 Å².